The topological polar surface area (TPSA) is 79.2 Å². The van der Waals surface area contributed by atoms with Gasteiger partial charge in [-0.2, -0.15) is 5.10 Å². The summed E-state index contributed by atoms with van der Waals surface area (Å²) in [4.78, 5) is 26.4. The number of hydrogen-bond donors (Lipinski definition) is 1. The third-order valence-electron chi connectivity index (χ3n) is 6.32. The molecule has 5 rings (SSSR count). The smallest absolute Gasteiger partial charge is 0.241 e. The van der Waals surface area contributed by atoms with E-state index in [1.165, 1.54) is 0 Å². The third kappa shape index (κ3) is 4.17. The monoisotopic (exact) mass is 441 g/mol. The van der Waals surface area contributed by atoms with Gasteiger partial charge in [-0.3, -0.25) is 14.4 Å². The predicted molar refractivity (Wildman–Crippen MR) is 130 cm³/mol. The molecule has 0 saturated carbocycles. The van der Waals surface area contributed by atoms with E-state index in [-0.39, 0.29) is 11.9 Å². The molecule has 8 nitrogen and oxygen atoms in total. The summed E-state index contributed by atoms with van der Waals surface area (Å²) >= 11 is 0. The number of anilines is 2. The minimum Gasteiger partial charge on any atom is -0.353 e. The Kier molecular flexibility index (Phi) is 5.75. The fourth-order valence-corrected chi connectivity index (χ4v) is 4.39. The number of nitrogens with one attached hydrogen (secondary N) is 1. The van der Waals surface area contributed by atoms with Crippen LogP contribution in [0.1, 0.15) is 6.92 Å². The van der Waals surface area contributed by atoms with Gasteiger partial charge >= 0.3 is 0 Å². The fourth-order valence-electron chi connectivity index (χ4n) is 4.39. The molecule has 3 heterocycles. The number of hydrogen-bond acceptors (Lipinski definition) is 6. The molecule has 1 atom stereocenters. The van der Waals surface area contributed by atoms with E-state index in [4.69, 9.17) is 0 Å². The molecule has 1 N–H and O–H groups in total. The molecule has 1 aliphatic heterocycles. The van der Waals surface area contributed by atoms with Gasteiger partial charge in [0.2, 0.25) is 5.91 Å². The summed E-state index contributed by atoms with van der Waals surface area (Å²) in [5.41, 5.74) is 3.76. The Morgan fingerprint density at radius 2 is 1.70 bits per heavy atom. The Balaban J connectivity index is 1.25. The van der Waals surface area contributed by atoms with Crippen molar-refractivity contribution in [1.82, 2.24) is 24.6 Å². The van der Waals surface area contributed by atoms with E-state index in [0.29, 0.717) is 0 Å². The zero-order valence-electron chi connectivity index (χ0n) is 18.8. The Labute approximate surface area is 192 Å². The average molecular weight is 442 g/mol. The molecule has 1 fully saturated rings. The van der Waals surface area contributed by atoms with Crippen molar-refractivity contribution in [2.24, 2.45) is 7.05 Å². The molecule has 0 aliphatic carbocycles. The van der Waals surface area contributed by atoms with E-state index in [9.17, 15) is 4.79 Å². The first kappa shape index (κ1) is 21.1. The minimum absolute atomic E-state index is 0.00326. The van der Waals surface area contributed by atoms with E-state index in [2.05, 4.69) is 42.3 Å². The highest BCUT2D eigenvalue weighted by Gasteiger charge is 2.27. The van der Waals surface area contributed by atoms with Gasteiger partial charge in [-0.15, -0.1) is 0 Å². The van der Waals surface area contributed by atoms with E-state index in [1.807, 2.05) is 62.6 Å². The van der Waals surface area contributed by atoms with Crippen molar-refractivity contribution in [2.75, 3.05) is 36.4 Å². The Morgan fingerprint density at radius 1 is 0.970 bits per heavy atom. The zero-order valence-corrected chi connectivity index (χ0v) is 18.8. The van der Waals surface area contributed by atoms with Crippen molar-refractivity contribution in [2.45, 2.75) is 13.0 Å². The van der Waals surface area contributed by atoms with Crippen LogP contribution in [-0.2, 0) is 11.8 Å². The standard InChI is InChI=1S/C25H27N7O/c1-18(25(33)29-22-11-7-6-10-20(22)19-8-4-3-5-9-19)31-12-14-32(15-13-31)24-21-16-28-30(2)23(21)26-17-27-24/h3-11,16-18H,12-15H2,1-2H3,(H,29,33). The summed E-state index contributed by atoms with van der Waals surface area (Å²) in [6.07, 6.45) is 3.41. The number of amides is 1. The van der Waals surface area contributed by atoms with Crippen LogP contribution in [0.25, 0.3) is 22.2 Å². The van der Waals surface area contributed by atoms with Crippen LogP contribution in [0.2, 0.25) is 0 Å². The van der Waals surface area contributed by atoms with Gasteiger partial charge in [-0.1, -0.05) is 48.5 Å². The van der Waals surface area contributed by atoms with Crippen LogP contribution in [0, 0.1) is 0 Å². The molecule has 168 valence electrons. The highest BCUT2D eigenvalue weighted by molar-refractivity contribution is 5.98. The second-order valence-corrected chi connectivity index (χ2v) is 8.30. The lowest BCUT2D eigenvalue weighted by Gasteiger charge is -2.38. The number of benzene rings is 2. The van der Waals surface area contributed by atoms with Crippen LogP contribution in [0.3, 0.4) is 0 Å². The minimum atomic E-state index is -0.236. The van der Waals surface area contributed by atoms with Crippen LogP contribution >= 0.6 is 0 Å². The first-order valence-electron chi connectivity index (χ1n) is 11.2. The second-order valence-electron chi connectivity index (χ2n) is 8.30. The Bertz CT molecular complexity index is 1260. The maximum Gasteiger partial charge on any atom is 0.241 e. The number of aryl methyl sites for hydroxylation is 1. The first-order valence-corrected chi connectivity index (χ1v) is 11.2. The molecule has 1 saturated heterocycles. The molecule has 8 heteroatoms. The molecule has 0 spiro atoms. The Hall–Kier alpha value is -3.78. The number of carbonyl (C=O) groups is 1. The second kappa shape index (κ2) is 8.99. The van der Waals surface area contributed by atoms with Crippen LogP contribution in [0.4, 0.5) is 11.5 Å². The zero-order chi connectivity index (χ0) is 22.8. The molecular weight excluding hydrogens is 414 g/mol. The van der Waals surface area contributed by atoms with Gasteiger partial charge in [-0.05, 0) is 18.6 Å². The third-order valence-corrected chi connectivity index (χ3v) is 6.32. The quantitative estimate of drug-likeness (QED) is 0.513. The number of piperazine rings is 1. The molecule has 33 heavy (non-hydrogen) atoms. The summed E-state index contributed by atoms with van der Waals surface area (Å²) in [7, 11) is 1.88. The van der Waals surface area contributed by atoms with Crippen molar-refractivity contribution in [1.29, 1.82) is 0 Å². The largest absolute Gasteiger partial charge is 0.353 e. The van der Waals surface area contributed by atoms with Gasteiger partial charge in [0.15, 0.2) is 5.65 Å². The number of carbonyl (C=O) groups excluding carboxylic acids is 1. The molecule has 4 aromatic rings. The number of nitrogens with zero attached hydrogens (tertiary/aromatic N) is 6. The highest BCUT2D eigenvalue weighted by Crippen LogP contribution is 2.28. The van der Waals surface area contributed by atoms with Crippen molar-refractivity contribution in [3.8, 4) is 11.1 Å². The number of aromatic nitrogens is 4. The van der Waals surface area contributed by atoms with Crippen LogP contribution in [-0.4, -0.2) is 62.8 Å². The summed E-state index contributed by atoms with van der Waals surface area (Å²) in [5, 5.41) is 8.42. The van der Waals surface area contributed by atoms with Crippen molar-refractivity contribution in [3.63, 3.8) is 0 Å². The van der Waals surface area contributed by atoms with Crippen molar-refractivity contribution in [3.05, 3.63) is 67.1 Å². The molecule has 1 unspecified atom stereocenters. The fraction of sp³-hybridized carbons (Fsp3) is 0.280. The average Bonchev–Trinajstić information content (AvgIpc) is 3.25. The molecule has 0 bridgehead atoms. The molecule has 0 radical (unpaired) electrons. The lowest BCUT2D eigenvalue weighted by Crippen LogP contribution is -2.53. The number of rotatable bonds is 5. The molecule has 1 amide bonds. The van der Waals surface area contributed by atoms with Crippen molar-refractivity contribution < 1.29 is 4.79 Å². The lowest BCUT2D eigenvalue weighted by atomic mass is 10.0. The van der Waals surface area contributed by atoms with Crippen LogP contribution < -0.4 is 10.2 Å². The van der Waals surface area contributed by atoms with Gasteiger partial charge in [0.1, 0.15) is 12.1 Å². The number of fused-ring (bicyclic) bond motifs is 1. The van der Waals surface area contributed by atoms with E-state index >= 15 is 0 Å². The van der Waals surface area contributed by atoms with Crippen LogP contribution in [0.15, 0.2) is 67.1 Å². The van der Waals surface area contributed by atoms with Gasteiger partial charge in [0.05, 0.1) is 17.6 Å². The maximum atomic E-state index is 13.1. The lowest BCUT2D eigenvalue weighted by molar-refractivity contribution is -0.120. The Morgan fingerprint density at radius 3 is 2.48 bits per heavy atom. The maximum absolute atomic E-state index is 13.1. The van der Waals surface area contributed by atoms with Crippen molar-refractivity contribution >= 4 is 28.4 Å². The summed E-state index contributed by atoms with van der Waals surface area (Å²) < 4.78 is 1.76. The summed E-state index contributed by atoms with van der Waals surface area (Å²) in [6.45, 7) is 5.11. The predicted octanol–water partition coefficient (Wildman–Crippen LogP) is 3.18. The normalized spacial score (nSPS) is 15.5. The summed E-state index contributed by atoms with van der Waals surface area (Å²) in [5.74, 6) is 0.908. The molecule has 2 aromatic heterocycles. The molecule has 2 aromatic carbocycles. The van der Waals surface area contributed by atoms with E-state index < -0.39 is 0 Å². The number of para-hydroxylation sites is 1. The van der Waals surface area contributed by atoms with Gasteiger partial charge < -0.3 is 10.2 Å². The summed E-state index contributed by atoms with van der Waals surface area (Å²) in [6, 6.07) is 17.8. The van der Waals surface area contributed by atoms with E-state index in [0.717, 1.165) is 59.8 Å². The SMILES string of the molecule is CC(C(=O)Nc1ccccc1-c1ccccc1)N1CCN(c2ncnc3c2cnn3C)CC1. The van der Waals surface area contributed by atoms with Crippen LogP contribution in [0.5, 0.6) is 0 Å². The van der Waals surface area contributed by atoms with Gasteiger partial charge in [0, 0.05) is 44.5 Å². The van der Waals surface area contributed by atoms with Gasteiger partial charge in [-0.25, -0.2) is 9.97 Å². The highest BCUT2D eigenvalue weighted by atomic mass is 16.2. The molecule has 1 aliphatic rings. The van der Waals surface area contributed by atoms with E-state index in [1.54, 1.807) is 11.0 Å². The van der Waals surface area contributed by atoms with Gasteiger partial charge in [0.25, 0.3) is 0 Å². The first-order chi connectivity index (χ1) is 16.1. The molecular formula is C25H27N7O.